The molecule has 1 fully saturated rings. The molecule has 2 unspecified atom stereocenters. The summed E-state index contributed by atoms with van der Waals surface area (Å²) >= 11 is 6.00. The molecule has 2 aromatic carbocycles. The number of hydrogen-bond acceptors (Lipinski definition) is 14. The fourth-order valence-corrected chi connectivity index (χ4v) is 9.93. The van der Waals surface area contributed by atoms with Crippen molar-refractivity contribution in [3.8, 4) is 5.75 Å². The number of likely N-dealkylation sites (N-methyl/N-ethyl adjacent to an activating group) is 1. The first kappa shape index (κ1) is 42.1. The van der Waals surface area contributed by atoms with E-state index in [1.807, 2.05) is 6.07 Å². The lowest BCUT2D eigenvalue weighted by molar-refractivity contribution is -0.146. The maximum atomic E-state index is 14.7. The lowest BCUT2D eigenvalue weighted by atomic mass is 9.89. The summed E-state index contributed by atoms with van der Waals surface area (Å²) in [5, 5.41) is 13.2. The highest BCUT2D eigenvalue weighted by Gasteiger charge is 2.44. The van der Waals surface area contributed by atoms with Gasteiger partial charge in [0.15, 0.2) is 11.5 Å². The van der Waals surface area contributed by atoms with E-state index in [0.29, 0.717) is 12.8 Å². The van der Waals surface area contributed by atoms with Gasteiger partial charge in [-0.25, -0.2) is 14.1 Å². The molecule has 5 N–H and O–H groups in total. The number of nitrogens with zero attached hydrogens (tertiary/aromatic N) is 5. The highest BCUT2D eigenvalue weighted by atomic mass is 35.5. The molecule has 304 valence electrons. The number of imidazole rings is 1. The number of aryl methyl sites for hydroxylation is 1. The Kier molecular flexibility index (Phi) is 13.9. The standard InChI is InChI=1S/C36H48ClN7O10P2/c1-4-43(5-2)16-15-25-17-26-13-9-10-14-27(26)29(18-25)53-55(47,42-23(3)35(46)50-20-24-11-7-6-8-12-24)54-56(48,49)51-21-30-28(45)19-31(52-30)44-22-39-32-33(38)40-36(37)41-34(32)44/h6-8,11-12,17-18,22-23,28,30-31,45H,4-5,9-10,13-16,19-21H2,1-3H3,(H,42,47)(H,48,49)(H2,38,40,41)/t23-,28+,30+,31+,55?/m0/s1. The van der Waals surface area contributed by atoms with Crippen molar-refractivity contribution in [2.75, 3.05) is 32.0 Å². The van der Waals surface area contributed by atoms with Crippen LogP contribution in [-0.4, -0.2) is 84.9 Å². The van der Waals surface area contributed by atoms with Gasteiger partial charge in [0.1, 0.15) is 36.2 Å². The van der Waals surface area contributed by atoms with Crippen LogP contribution < -0.4 is 15.3 Å². The van der Waals surface area contributed by atoms with Crippen LogP contribution in [0.5, 0.6) is 5.75 Å². The Hall–Kier alpha value is -3.47. The number of benzene rings is 2. The third-order valence-electron chi connectivity index (χ3n) is 9.79. The van der Waals surface area contributed by atoms with E-state index >= 15 is 0 Å². The van der Waals surface area contributed by atoms with Gasteiger partial charge in [-0.05, 0) is 92.0 Å². The van der Waals surface area contributed by atoms with Crippen molar-refractivity contribution in [2.45, 2.75) is 90.4 Å². The van der Waals surface area contributed by atoms with Crippen molar-refractivity contribution >= 4 is 50.1 Å². The number of phosphoric ester groups is 1. The third-order valence-corrected chi connectivity index (χ3v) is 13.3. The van der Waals surface area contributed by atoms with E-state index in [2.05, 4.69) is 44.9 Å². The van der Waals surface area contributed by atoms with Crippen LogP contribution >= 0.6 is 27.2 Å². The number of nitrogens with two attached hydrogens (primary N) is 1. The van der Waals surface area contributed by atoms with E-state index in [0.717, 1.165) is 61.2 Å². The fourth-order valence-electron chi connectivity index (χ4n) is 6.77. The molecule has 6 rings (SSSR count). The smallest absolute Gasteiger partial charge is 0.460 e. The van der Waals surface area contributed by atoms with Gasteiger partial charge in [-0.2, -0.15) is 19.4 Å². The molecule has 0 amide bonds. The minimum absolute atomic E-state index is 0.0269. The number of fused-ring (bicyclic) bond motifs is 2. The van der Waals surface area contributed by atoms with Gasteiger partial charge in [-0.1, -0.05) is 50.2 Å². The number of halogens is 1. The lowest BCUT2D eigenvalue weighted by Gasteiger charge is -2.27. The molecule has 1 aliphatic carbocycles. The van der Waals surface area contributed by atoms with E-state index in [1.54, 1.807) is 30.3 Å². The highest BCUT2D eigenvalue weighted by molar-refractivity contribution is 7.63. The number of phosphoric acid groups is 1. The van der Waals surface area contributed by atoms with Gasteiger partial charge in [-0.15, -0.1) is 0 Å². The minimum atomic E-state index is -5.26. The Bertz CT molecular complexity index is 2090. The van der Waals surface area contributed by atoms with Crippen LogP contribution in [0.1, 0.15) is 68.5 Å². The topological polar surface area (TPSA) is 223 Å². The van der Waals surface area contributed by atoms with Crippen LogP contribution in [0.2, 0.25) is 5.28 Å². The molecule has 4 aromatic rings. The zero-order valence-corrected chi connectivity index (χ0v) is 34.0. The molecule has 3 heterocycles. The Morgan fingerprint density at radius 1 is 1.14 bits per heavy atom. The van der Waals surface area contributed by atoms with Crippen molar-refractivity contribution < 1.29 is 46.8 Å². The molecular weight excluding hydrogens is 788 g/mol. The second kappa shape index (κ2) is 18.4. The fraction of sp³-hybridized carbons (Fsp3) is 0.500. The molecule has 0 bridgehead atoms. The first-order chi connectivity index (χ1) is 26.8. The van der Waals surface area contributed by atoms with Crippen molar-refractivity contribution in [1.29, 1.82) is 0 Å². The molecule has 0 radical (unpaired) electrons. The average Bonchev–Trinajstić information content (AvgIpc) is 3.76. The number of nitrogens with one attached hydrogen (secondary N) is 1. The van der Waals surface area contributed by atoms with Crippen molar-refractivity contribution in [1.82, 2.24) is 29.5 Å². The number of ether oxygens (including phenoxy) is 2. The molecule has 6 atom stereocenters. The predicted molar refractivity (Wildman–Crippen MR) is 208 cm³/mol. The average molecular weight is 836 g/mol. The molecule has 56 heavy (non-hydrogen) atoms. The number of esters is 1. The van der Waals surface area contributed by atoms with Crippen molar-refractivity contribution in [3.63, 3.8) is 0 Å². The third kappa shape index (κ3) is 10.5. The summed E-state index contributed by atoms with van der Waals surface area (Å²) in [6, 6.07) is 11.6. The summed E-state index contributed by atoms with van der Waals surface area (Å²) in [4.78, 5) is 38.7. The minimum Gasteiger partial charge on any atom is -0.460 e. The van der Waals surface area contributed by atoms with Crippen LogP contribution in [0.25, 0.3) is 11.2 Å². The lowest BCUT2D eigenvalue weighted by Crippen LogP contribution is -2.35. The van der Waals surface area contributed by atoms with Crippen LogP contribution in [0.3, 0.4) is 0 Å². The Balaban J connectivity index is 1.20. The van der Waals surface area contributed by atoms with E-state index in [4.69, 9.17) is 40.2 Å². The number of carbonyl (C=O) groups is 1. The molecule has 1 aliphatic heterocycles. The molecule has 20 heteroatoms. The Morgan fingerprint density at radius 3 is 2.64 bits per heavy atom. The Labute approximate surface area is 330 Å². The quantitative estimate of drug-likeness (QED) is 0.0551. The number of aromatic nitrogens is 4. The molecule has 0 saturated carbocycles. The van der Waals surface area contributed by atoms with E-state index < -0.39 is 52.6 Å². The summed E-state index contributed by atoms with van der Waals surface area (Å²) in [7, 11) is -10.2. The molecule has 2 aromatic heterocycles. The molecule has 0 spiro atoms. The number of hydrogen-bond donors (Lipinski definition) is 4. The van der Waals surface area contributed by atoms with Crippen LogP contribution in [0.4, 0.5) is 5.82 Å². The second-order valence-electron chi connectivity index (χ2n) is 13.7. The van der Waals surface area contributed by atoms with Gasteiger partial charge in [0.2, 0.25) is 5.28 Å². The highest BCUT2D eigenvalue weighted by Crippen LogP contribution is 2.61. The molecular formula is C36H48ClN7O10P2. The number of aliphatic hydroxyl groups excluding tert-OH is 1. The monoisotopic (exact) mass is 835 g/mol. The number of nitrogen functional groups attached to an aromatic ring is 1. The SMILES string of the molecule is CCN(CC)CCc1cc2c(c(OP(=O)(N[C@@H](C)C(=O)OCc3ccccc3)OP(=O)(O)OC[C@H]3O[C@@H](n4cnc5c(N)nc(Cl)nc54)C[C@H]3O)c1)CCCC2. The van der Waals surface area contributed by atoms with Gasteiger partial charge in [0.25, 0.3) is 0 Å². The number of rotatable bonds is 18. The van der Waals surface area contributed by atoms with Crippen LogP contribution in [0, 0.1) is 0 Å². The van der Waals surface area contributed by atoms with Crippen LogP contribution in [0.15, 0.2) is 48.8 Å². The maximum Gasteiger partial charge on any atom is 0.481 e. The largest absolute Gasteiger partial charge is 0.481 e. The Morgan fingerprint density at radius 2 is 1.89 bits per heavy atom. The molecule has 2 aliphatic rings. The van der Waals surface area contributed by atoms with Gasteiger partial charge < -0.3 is 34.6 Å². The first-order valence-corrected chi connectivity index (χ1v) is 22.0. The molecule has 17 nitrogen and oxygen atoms in total. The van der Waals surface area contributed by atoms with Gasteiger partial charge in [0.05, 0.1) is 19.0 Å². The summed E-state index contributed by atoms with van der Waals surface area (Å²) in [5.74, 6) is -0.535. The number of carbonyl (C=O) groups excluding carboxylic acids is 1. The summed E-state index contributed by atoms with van der Waals surface area (Å²) < 4.78 is 57.9. The van der Waals surface area contributed by atoms with E-state index in [-0.39, 0.29) is 41.0 Å². The predicted octanol–water partition coefficient (Wildman–Crippen LogP) is 5.52. The van der Waals surface area contributed by atoms with E-state index in [1.165, 1.54) is 17.8 Å². The first-order valence-electron chi connectivity index (χ1n) is 18.6. The second-order valence-corrected chi connectivity index (χ2v) is 17.4. The van der Waals surface area contributed by atoms with Gasteiger partial charge >= 0.3 is 21.5 Å². The van der Waals surface area contributed by atoms with Crippen molar-refractivity contribution in [3.05, 3.63) is 76.3 Å². The molecule has 1 saturated heterocycles. The summed E-state index contributed by atoms with van der Waals surface area (Å²) in [5.41, 5.74) is 9.94. The summed E-state index contributed by atoms with van der Waals surface area (Å²) in [6.45, 7) is 7.38. The van der Waals surface area contributed by atoms with Crippen LogP contribution in [-0.2, 0) is 58.1 Å². The van der Waals surface area contributed by atoms with Gasteiger partial charge in [0, 0.05) is 13.0 Å². The zero-order chi connectivity index (χ0) is 40.0. The number of anilines is 1. The normalized spacial score (nSPS) is 21.0. The van der Waals surface area contributed by atoms with E-state index in [9.17, 15) is 23.9 Å². The zero-order valence-electron chi connectivity index (χ0n) is 31.5. The van der Waals surface area contributed by atoms with Gasteiger partial charge in [-0.3, -0.25) is 13.9 Å². The maximum absolute atomic E-state index is 14.7. The van der Waals surface area contributed by atoms with Crippen molar-refractivity contribution in [2.24, 2.45) is 0 Å². The summed E-state index contributed by atoms with van der Waals surface area (Å²) in [6.07, 6.45) is 2.20. The number of aliphatic hydroxyl groups is 1.